The van der Waals surface area contributed by atoms with Gasteiger partial charge in [-0.15, -0.1) is 0 Å². The Hall–Kier alpha value is -2.04. The van der Waals surface area contributed by atoms with Crippen LogP contribution in [0.25, 0.3) is 0 Å². The van der Waals surface area contributed by atoms with Crippen molar-refractivity contribution in [2.45, 2.75) is 46.6 Å². The molecule has 132 valence electrons. The number of carbonyl (C=O) groups is 2. The van der Waals surface area contributed by atoms with E-state index >= 15 is 0 Å². The molecule has 5 heteroatoms. The zero-order chi connectivity index (χ0) is 17.7. The van der Waals surface area contributed by atoms with E-state index in [4.69, 9.17) is 4.74 Å². The fraction of sp³-hybridized carbons (Fsp3) is 0.579. The number of ether oxygens (including phenoxy) is 1. The maximum Gasteiger partial charge on any atom is 0.260 e. The van der Waals surface area contributed by atoms with Crippen molar-refractivity contribution in [1.82, 2.24) is 10.2 Å². The molecule has 2 rings (SSSR count). The molecule has 1 saturated heterocycles. The molecule has 0 atom stereocenters. The quantitative estimate of drug-likeness (QED) is 0.901. The summed E-state index contributed by atoms with van der Waals surface area (Å²) in [7, 11) is 0. The van der Waals surface area contributed by atoms with Gasteiger partial charge in [0.05, 0.1) is 0 Å². The van der Waals surface area contributed by atoms with E-state index in [2.05, 4.69) is 5.32 Å². The molecule has 1 aliphatic heterocycles. The molecule has 1 aromatic carbocycles. The van der Waals surface area contributed by atoms with Crippen LogP contribution in [0.4, 0.5) is 0 Å². The Morgan fingerprint density at radius 3 is 2.50 bits per heavy atom. The second kappa shape index (κ2) is 8.18. The van der Waals surface area contributed by atoms with Gasteiger partial charge < -0.3 is 15.0 Å². The number of carbonyl (C=O) groups excluding carboxylic acids is 2. The van der Waals surface area contributed by atoms with Gasteiger partial charge >= 0.3 is 0 Å². The van der Waals surface area contributed by atoms with E-state index in [0.29, 0.717) is 13.1 Å². The molecule has 0 aliphatic carbocycles. The summed E-state index contributed by atoms with van der Waals surface area (Å²) >= 11 is 0. The van der Waals surface area contributed by atoms with Crippen molar-refractivity contribution in [3.63, 3.8) is 0 Å². The SMILES string of the molecule is Cc1ccc(OCC(=O)N2CCC(NC(=O)C(C)C)CC2)c(C)c1. The third-order valence-electron chi connectivity index (χ3n) is 4.40. The fourth-order valence-corrected chi connectivity index (χ4v) is 2.83. The summed E-state index contributed by atoms with van der Waals surface area (Å²) in [6.07, 6.45) is 1.60. The highest BCUT2D eigenvalue weighted by Gasteiger charge is 2.24. The average Bonchev–Trinajstić information content (AvgIpc) is 2.54. The predicted molar refractivity (Wildman–Crippen MR) is 94.0 cm³/mol. The predicted octanol–water partition coefficient (Wildman–Crippen LogP) is 2.45. The number of hydrogen-bond acceptors (Lipinski definition) is 3. The molecule has 1 fully saturated rings. The van der Waals surface area contributed by atoms with Crippen LogP contribution in [0.2, 0.25) is 0 Å². The van der Waals surface area contributed by atoms with E-state index < -0.39 is 0 Å². The number of hydrogen-bond donors (Lipinski definition) is 1. The van der Waals surface area contributed by atoms with Crippen LogP contribution in [0.15, 0.2) is 18.2 Å². The molecule has 1 aromatic rings. The molecule has 0 unspecified atom stereocenters. The van der Waals surface area contributed by atoms with Gasteiger partial charge in [-0.3, -0.25) is 9.59 Å². The summed E-state index contributed by atoms with van der Waals surface area (Å²) in [5.74, 6) is 0.838. The monoisotopic (exact) mass is 332 g/mol. The first-order valence-electron chi connectivity index (χ1n) is 8.65. The minimum atomic E-state index is -0.00388. The first-order valence-corrected chi connectivity index (χ1v) is 8.65. The minimum absolute atomic E-state index is 0.00334. The highest BCUT2D eigenvalue weighted by molar-refractivity contribution is 5.79. The van der Waals surface area contributed by atoms with E-state index in [-0.39, 0.29) is 30.4 Å². The van der Waals surface area contributed by atoms with Gasteiger partial charge in [0.15, 0.2) is 6.61 Å². The lowest BCUT2D eigenvalue weighted by molar-refractivity contribution is -0.134. The van der Waals surface area contributed by atoms with E-state index in [9.17, 15) is 9.59 Å². The number of benzene rings is 1. The van der Waals surface area contributed by atoms with Crippen molar-refractivity contribution in [2.24, 2.45) is 5.92 Å². The number of nitrogens with zero attached hydrogens (tertiary/aromatic N) is 1. The lowest BCUT2D eigenvalue weighted by Crippen LogP contribution is -2.48. The molecule has 0 spiro atoms. The topological polar surface area (TPSA) is 58.6 Å². The van der Waals surface area contributed by atoms with Crippen LogP contribution in [0.3, 0.4) is 0 Å². The summed E-state index contributed by atoms with van der Waals surface area (Å²) in [5, 5.41) is 3.04. The van der Waals surface area contributed by atoms with Gasteiger partial charge in [0, 0.05) is 25.0 Å². The third-order valence-corrected chi connectivity index (χ3v) is 4.40. The first-order chi connectivity index (χ1) is 11.4. The van der Waals surface area contributed by atoms with Gasteiger partial charge in [-0.1, -0.05) is 31.5 Å². The number of nitrogens with one attached hydrogen (secondary N) is 1. The van der Waals surface area contributed by atoms with Crippen LogP contribution >= 0.6 is 0 Å². The number of rotatable bonds is 5. The summed E-state index contributed by atoms with van der Waals surface area (Å²) in [5.41, 5.74) is 2.22. The lowest BCUT2D eigenvalue weighted by atomic mass is 10.0. The van der Waals surface area contributed by atoms with Crippen molar-refractivity contribution < 1.29 is 14.3 Å². The molecule has 24 heavy (non-hydrogen) atoms. The maximum absolute atomic E-state index is 12.3. The molecule has 0 bridgehead atoms. The van der Waals surface area contributed by atoms with Crippen LogP contribution in [0.5, 0.6) is 5.75 Å². The lowest BCUT2D eigenvalue weighted by Gasteiger charge is -2.32. The highest BCUT2D eigenvalue weighted by atomic mass is 16.5. The molecule has 5 nitrogen and oxygen atoms in total. The Labute approximate surface area is 144 Å². The average molecular weight is 332 g/mol. The molecule has 0 saturated carbocycles. The Morgan fingerprint density at radius 2 is 1.92 bits per heavy atom. The first kappa shape index (κ1) is 18.3. The van der Waals surface area contributed by atoms with Crippen LogP contribution < -0.4 is 10.1 Å². The normalized spacial score (nSPS) is 15.5. The minimum Gasteiger partial charge on any atom is -0.484 e. The third kappa shape index (κ3) is 4.98. The summed E-state index contributed by atoms with van der Waals surface area (Å²) in [4.78, 5) is 25.9. The molecular formula is C19H28N2O3. The molecule has 0 radical (unpaired) electrons. The van der Waals surface area contributed by atoms with Crippen molar-refractivity contribution in [3.8, 4) is 5.75 Å². The van der Waals surface area contributed by atoms with Gasteiger partial charge in [-0.25, -0.2) is 0 Å². The largest absolute Gasteiger partial charge is 0.484 e. The van der Waals surface area contributed by atoms with E-state index in [1.165, 1.54) is 5.56 Å². The smallest absolute Gasteiger partial charge is 0.260 e. The summed E-state index contributed by atoms with van der Waals surface area (Å²) in [6, 6.07) is 6.11. The van der Waals surface area contributed by atoms with Gasteiger partial charge in [0.25, 0.3) is 5.91 Å². The number of likely N-dealkylation sites (tertiary alicyclic amines) is 1. The Morgan fingerprint density at radius 1 is 1.25 bits per heavy atom. The Balaban J connectivity index is 1.77. The second-order valence-electron chi connectivity index (χ2n) is 6.88. The van der Waals surface area contributed by atoms with E-state index in [1.807, 2.05) is 50.8 Å². The number of amides is 2. The van der Waals surface area contributed by atoms with Crippen LogP contribution in [-0.4, -0.2) is 42.5 Å². The van der Waals surface area contributed by atoms with E-state index in [0.717, 1.165) is 24.2 Å². The van der Waals surface area contributed by atoms with Crippen molar-refractivity contribution in [2.75, 3.05) is 19.7 Å². The maximum atomic E-state index is 12.3. The van der Waals surface area contributed by atoms with Crippen molar-refractivity contribution in [1.29, 1.82) is 0 Å². The standard InChI is InChI=1S/C19H28N2O3/c1-13(2)19(23)20-16-7-9-21(10-8-16)18(22)12-24-17-6-5-14(3)11-15(17)4/h5-6,11,13,16H,7-10,12H2,1-4H3,(H,20,23). The number of piperidine rings is 1. The molecule has 1 N–H and O–H groups in total. The molecular weight excluding hydrogens is 304 g/mol. The van der Waals surface area contributed by atoms with Gasteiger partial charge in [-0.2, -0.15) is 0 Å². The van der Waals surface area contributed by atoms with Crippen molar-refractivity contribution >= 4 is 11.8 Å². The highest BCUT2D eigenvalue weighted by Crippen LogP contribution is 2.19. The Kier molecular flexibility index (Phi) is 6.23. The molecule has 2 amide bonds. The summed E-state index contributed by atoms with van der Waals surface area (Å²) < 4.78 is 5.67. The van der Waals surface area contributed by atoms with Crippen LogP contribution in [-0.2, 0) is 9.59 Å². The zero-order valence-corrected chi connectivity index (χ0v) is 15.1. The van der Waals surface area contributed by atoms with Crippen molar-refractivity contribution in [3.05, 3.63) is 29.3 Å². The molecule has 0 aromatic heterocycles. The zero-order valence-electron chi connectivity index (χ0n) is 15.1. The van der Waals surface area contributed by atoms with Crippen LogP contribution in [0, 0.1) is 19.8 Å². The summed E-state index contributed by atoms with van der Waals surface area (Å²) in [6.45, 7) is 9.18. The molecule has 1 aliphatic rings. The van der Waals surface area contributed by atoms with Gasteiger partial charge in [-0.05, 0) is 38.3 Å². The van der Waals surface area contributed by atoms with Gasteiger partial charge in [0.1, 0.15) is 5.75 Å². The second-order valence-corrected chi connectivity index (χ2v) is 6.88. The fourth-order valence-electron chi connectivity index (χ4n) is 2.83. The number of aryl methyl sites for hydroxylation is 2. The van der Waals surface area contributed by atoms with Crippen LogP contribution in [0.1, 0.15) is 37.8 Å². The van der Waals surface area contributed by atoms with E-state index in [1.54, 1.807) is 0 Å². The van der Waals surface area contributed by atoms with Gasteiger partial charge in [0.2, 0.25) is 5.91 Å². The molecule has 1 heterocycles. The Bertz CT molecular complexity index is 590.